The van der Waals surface area contributed by atoms with Crippen molar-refractivity contribution in [3.63, 3.8) is 0 Å². The van der Waals surface area contributed by atoms with E-state index in [4.69, 9.17) is 4.42 Å². The van der Waals surface area contributed by atoms with Gasteiger partial charge in [-0.1, -0.05) is 0 Å². The predicted octanol–water partition coefficient (Wildman–Crippen LogP) is 2.56. The molecule has 24 heavy (non-hydrogen) atoms. The van der Waals surface area contributed by atoms with Gasteiger partial charge in [0.25, 0.3) is 0 Å². The van der Waals surface area contributed by atoms with Crippen LogP contribution in [-0.4, -0.2) is 35.1 Å². The van der Waals surface area contributed by atoms with Crippen LogP contribution in [0.2, 0.25) is 0 Å². The van der Waals surface area contributed by atoms with Crippen molar-refractivity contribution in [2.45, 2.75) is 32.4 Å². The molecule has 2 N–H and O–H groups in total. The lowest BCUT2D eigenvalue weighted by atomic mass is 10.2. The van der Waals surface area contributed by atoms with Gasteiger partial charge in [0, 0.05) is 25.0 Å². The molecule has 3 rings (SSSR count). The van der Waals surface area contributed by atoms with Crippen molar-refractivity contribution in [3.8, 4) is 0 Å². The van der Waals surface area contributed by atoms with Crippen LogP contribution in [0, 0.1) is 6.92 Å². The smallest absolute Gasteiger partial charge is 0.315 e. The first-order valence-electron chi connectivity index (χ1n) is 8.55. The monoisotopic (exact) mass is 330 g/mol. The van der Waals surface area contributed by atoms with Gasteiger partial charge in [0.15, 0.2) is 0 Å². The molecule has 0 aromatic carbocycles. The average Bonchev–Trinajstić information content (AvgIpc) is 3.32. The van der Waals surface area contributed by atoms with Crippen molar-refractivity contribution in [3.05, 3.63) is 47.7 Å². The highest BCUT2D eigenvalue weighted by atomic mass is 16.3. The Morgan fingerprint density at radius 1 is 1.25 bits per heavy atom. The van der Waals surface area contributed by atoms with Gasteiger partial charge in [-0.2, -0.15) is 0 Å². The number of hydrogen-bond donors (Lipinski definition) is 2. The third kappa shape index (κ3) is 3.82. The fraction of sp³-hybridized carbons (Fsp3) is 0.500. The SMILES string of the molecule is Cc1ccc(CNC(=O)NC[C@@H](c2ccco2)N2CCCC2)n1C. The summed E-state index contributed by atoms with van der Waals surface area (Å²) >= 11 is 0. The topological polar surface area (TPSA) is 62.4 Å². The van der Waals surface area contributed by atoms with Gasteiger partial charge in [-0.25, -0.2) is 4.79 Å². The molecule has 1 saturated heterocycles. The molecule has 1 aliphatic rings. The van der Waals surface area contributed by atoms with E-state index in [1.807, 2.05) is 32.2 Å². The minimum Gasteiger partial charge on any atom is -0.468 e. The largest absolute Gasteiger partial charge is 0.468 e. The lowest BCUT2D eigenvalue weighted by molar-refractivity contribution is 0.203. The van der Waals surface area contributed by atoms with Crippen LogP contribution in [0.3, 0.4) is 0 Å². The van der Waals surface area contributed by atoms with Crippen molar-refractivity contribution >= 4 is 6.03 Å². The molecular weight excluding hydrogens is 304 g/mol. The normalized spacial score (nSPS) is 16.2. The zero-order chi connectivity index (χ0) is 16.9. The standard InChI is InChI=1S/C18H26N4O2/c1-14-7-8-15(21(14)2)12-19-18(23)20-13-16(17-6-5-11-24-17)22-9-3-4-10-22/h5-8,11,16H,3-4,9-10,12-13H2,1-2H3,(H2,19,20,23)/t16-/m0/s1. The summed E-state index contributed by atoms with van der Waals surface area (Å²) < 4.78 is 7.65. The van der Waals surface area contributed by atoms with Crippen LogP contribution in [0.4, 0.5) is 4.79 Å². The maximum absolute atomic E-state index is 12.1. The Hall–Kier alpha value is -2.21. The van der Waals surface area contributed by atoms with Crippen LogP contribution in [0.25, 0.3) is 0 Å². The van der Waals surface area contributed by atoms with E-state index >= 15 is 0 Å². The van der Waals surface area contributed by atoms with E-state index in [1.165, 1.54) is 18.5 Å². The number of urea groups is 1. The van der Waals surface area contributed by atoms with Gasteiger partial charge in [-0.3, -0.25) is 4.90 Å². The van der Waals surface area contributed by atoms with Crippen LogP contribution in [0.1, 0.15) is 36.0 Å². The summed E-state index contributed by atoms with van der Waals surface area (Å²) in [5.74, 6) is 0.912. The molecule has 0 saturated carbocycles. The number of aryl methyl sites for hydroxylation is 1. The molecule has 1 fully saturated rings. The maximum Gasteiger partial charge on any atom is 0.315 e. The Morgan fingerprint density at radius 2 is 2.04 bits per heavy atom. The fourth-order valence-electron chi connectivity index (χ4n) is 3.21. The van der Waals surface area contributed by atoms with Gasteiger partial charge in [0.2, 0.25) is 0 Å². The molecule has 0 radical (unpaired) electrons. The van der Waals surface area contributed by atoms with Crippen LogP contribution in [0.15, 0.2) is 34.9 Å². The molecule has 6 nitrogen and oxygen atoms in total. The van der Waals surface area contributed by atoms with Crippen LogP contribution >= 0.6 is 0 Å². The van der Waals surface area contributed by atoms with E-state index in [0.717, 1.165) is 24.5 Å². The van der Waals surface area contributed by atoms with E-state index in [1.54, 1.807) is 6.26 Å². The van der Waals surface area contributed by atoms with E-state index in [2.05, 4.69) is 26.2 Å². The average molecular weight is 330 g/mol. The highest BCUT2D eigenvalue weighted by molar-refractivity contribution is 5.73. The summed E-state index contributed by atoms with van der Waals surface area (Å²) in [4.78, 5) is 14.5. The van der Waals surface area contributed by atoms with Crippen molar-refractivity contribution < 1.29 is 9.21 Å². The molecule has 2 aromatic heterocycles. The summed E-state index contributed by atoms with van der Waals surface area (Å²) in [6, 6.07) is 7.92. The molecule has 3 heterocycles. The van der Waals surface area contributed by atoms with E-state index < -0.39 is 0 Å². The molecule has 0 aliphatic carbocycles. The molecule has 1 atom stereocenters. The number of likely N-dealkylation sites (tertiary alicyclic amines) is 1. The number of nitrogens with one attached hydrogen (secondary N) is 2. The molecule has 2 aromatic rings. The maximum atomic E-state index is 12.1. The lowest BCUT2D eigenvalue weighted by Crippen LogP contribution is -2.41. The van der Waals surface area contributed by atoms with Gasteiger partial charge in [-0.15, -0.1) is 0 Å². The number of hydrogen-bond acceptors (Lipinski definition) is 3. The molecule has 0 unspecified atom stereocenters. The fourth-order valence-corrected chi connectivity index (χ4v) is 3.21. The number of carbonyl (C=O) groups excluding carboxylic acids is 1. The Morgan fingerprint density at radius 3 is 2.67 bits per heavy atom. The summed E-state index contributed by atoms with van der Waals surface area (Å²) in [5.41, 5.74) is 2.27. The zero-order valence-electron chi connectivity index (χ0n) is 14.4. The molecule has 2 amide bonds. The summed E-state index contributed by atoms with van der Waals surface area (Å²) in [5, 5.41) is 5.91. The quantitative estimate of drug-likeness (QED) is 0.856. The zero-order valence-corrected chi connectivity index (χ0v) is 14.4. The van der Waals surface area contributed by atoms with E-state index in [9.17, 15) is 4.79 Å². The first-order chi connectivity index (χ1) is 11.6. The molecule has 1 aliphatic heterocycles. The number of furan rings is 1. The highest BCUT2D eigenvalue weighted by Crippen LogP contribution is 2.24. The lowest BCUT2D eigenvalue weighted by Gasteiger charge is -2.26. The van der Waals surface area contributed by atoms with Crippen LogP contribution in [-0.2, 0) is 13.6 Å². The second-order valence-corrected chi connectivity index (χ2v) is 6.36. The van der Waals surface area contributed by atoms with Crippen molar-refractivity contribution in [2.24, 2.45) is 7.05 Å². The van der Waals surface area contributed by atoms with E-state index in [0.29, 0.717) is 13.1 Å². The van der Waals surface area contributed by atoms with Crippen molar-refractivity contribution in [1.82, 2.24) is 20.1 Å². The number of aromatic nitrogens is 1. The molecule has 0 bridgehead atoms. The third-order valence-electron chi connectivity index (χ3n) is 4.82. The number of carbonyl (C=O) groups is 1. The minimum atomic E-state index is -0.149. The highest BCUT2D eigenvalue weighted by Gasteiger charge is 2.25. The number of amides is 2. The van der Waals surface area contributed by atoms with Gasteiger partial charge >= 0.3 is 6.03 Å². The minimum absolute atomic E-state index is 0.102. The van der Waals surface area contributed by atoms with Crippen LogP contribution < -0.4 is 10.6 Å². The Bertz CT molecular complexity index is 657. The second-order valence-electron chi connectivity index (χ2n) is 6.36. The predicted molar refractivity (Wildman–Crippen MR) is 92.6 cm³/mol. The van der Waals surface area contributed by atoms with Gasteiger partial charge in [0.05, 0.1) is 18.8 Å². The first kappa shape index (κ1) is 16.6. The number of nitrogens with zero attached hydrogens (tertiary/aromatic N) is 2. The Balaban J connectivity index is 1.52. The third-order valence-corrected chi connectivity index (χ3v) is 4.82. The molecule has 0 spiro atoms. The van der Waals surface area contributed by atoms with Crippen molar-refractivity contribution in [2.75, 3.05) is 19.6 Å². The second kappa shape index (κ2) is 7.57. The molecule has 130 valence electrons. The summed E-state index contributed by atoms with van der Waals surface area (Å²) in [7, 11) is 2.00. The molecule has 6 heteroatoms. The summed E-state index contributed by atoms with van der Waals surface area (Å²) in [6.07, 6.45) is 4.10. The molecular formula is C18H26N4O2. The summed E-state index contributed by atoms with van der Waals surface area (Å²) in [6.45, 7) is 5.22. The Labute approximate surface area is 142 Å². The van der Waals surface area contributed by atoms with Gasteiger partial charge in [-0.05, 0) is 57.1 Å². The van der Waals surface area contributed by atoms with Crippen LogP contribution in [0.5, 0.6) is 0 Å². The first-order valence-corrected chi connectivity index (χ1v) is 8.55. The number of rotatable bonds is 6. The van der Waals surface area contributed by atoms with E-state index in [-0.39, 0.29) is 12.1 Å². The van der Waals surface area contributed by atoms with Gasteiger partial charge in [0.1, 0.15) is 5.76 Å². The Kier molecular flexibility index (Phi) is 5.25. The van der Waals surface area contributed by atoms with Crippen molar-refractivity contribution in [1.29, 1.82) is 0 Å². The van der Waals surface area contributed by atoms with Gasteiger partial charge < -0.3 is 19.6 Å².